The summed E-state index contributed by atoms with van der Waals surface area (Å²) in [6.07, 6.45) is 7.79. The van der Waals surface area contributed by atoms with Crippen molar-refractivity contribution >= 4 is 0 Å². The third kappa shape index (κ3) is 3.13. The number of rotatable bonds is 4. The van der Waals surface area contributed by atoms with E-state index in [2.05, 4.69) is 33.4 Å². The van der Waals surface area contributed by atoms with Crippen LogP contribution < -0.4 is 4.74 Å². The molecule has 1 heterocycles. The highest BCUT2D eigenvalue weighted by Gasteiger charge is 2.46. The van der Waals surface area contributed by atoms with E-state index < -0.39 is 0 Å². The van der Waals surface area contributed by atoms with Crippen molar-refractivity contribution in [3.63, 3.8) is 0 Å². The average Bonchev–Trinajstić information content (AvgIpc) is 2.46. The number of ether oxygens (including phenoxy) is 1. The summed E-state index contributed by atoms with van der Waals surface area (Å²) in [5, 5.41) is 10.7. The molecule has 1 aromatic rings. The second kappa shape index (κ2) is 6.22. The van der Waals surface area contributed by atoms with E-state index in [1.165, 1.54) is 30.4 Å². The zero-order valence-corrected chi connectivity index (χ0v) is 14.8. The van der Waals surface area contributed by atoms with Crippen molar-refractivity contribution in [1.82, 2.24) is 0 Å². The fraction of sp³-hybridized carbons (Fsp3) is 0.619. The van der Waals surface area contributed by atoms with E-state index in [0.717, 1.165) is 37.0 Å². The zero-order valence-electron chi connectivity index (χ0n) is 14.8. The van der Waals surface area contributed by atoms with Crippen LogP contribution in [0, 0.1) is 5.92 Å². The van der Waals surface area contributed by atoms with Crippen LogP contribution in [-0.4, -0.2) is 10.7 Å². The monoisotopic (exact) mass is 314 g/mol. The first-order chi connectivity index (χ1) is 10.9. The Balaban J connectivity index is 1.96. The topological polar surface area (TPSA) is 29.5 Å². The Labute approximate surface area is 140 Å². The molecule has 0 bridgehead atoms. The Morgan fingerprint density at radius 2 is 2.09 bits per heavy atom. The van der Waals surface area contributed by atoms with Crippen LogP contribution in [0.5, 0.6) is 11.5 Å². The molecule has 0 spiro atoms. The minimum atomic E-state index is -0.174. The van der Waals surface area contributed by atoms with Crippen LogP contribution in [-0.2, 0) is 6.42 Å². The van der Waals surface area contributed by atoms with Gasteiger partial charge in [0.2, 0.25) is 0 Å². The number of hydrogen-bond donors (Lipinski definition) is 1. The Morgan fingerprint density at radius 1 is 1.30 bits per heavy atom. The van der Waals surface area contributed by atoms with E-state index in [4.69, 9.17) is 4.74 Å². The molecule has 126 valence electrons. The molecule has 1 fully saturated rings. The summed E-state index contributed by atoms with van der Waals surface area (Å²) in [6, 6.07) is 4.13. The summed E-state index contributed by atoms with van der Waals surface area (Å²) in [6.45, 7) is 10.8. The summed E-state index contributed by atoms with van der Waals surface area (Å²) in [5.74, 6) is 2.13. The fourth-order valence-electron chi connectivity index (χ4n) is 4.46. The minimum Gasteiger partial charge on any atom is -0.508 e. The standard InChI is InChI=1S/C21H30O2/c1-5-6-7-8-15-12-18(22)20-16-11-14(2)9-10-17(16)21(3,4)23-19(20)13-15/h12-13,16-17,22H,2,5-11H2,1,3-4H3/t16?,17-/m1/s1. The number of aromatic hydroxyl groups is 1. The minimum absolute atomic E-state index is 0.174. The van der Waals surface area contributed by atoms with Crippen molar-refractivity contribution in [2.24, 2.45) is 5.92 Å². The number of unbranched alkanes of at least 4 members (excludes halogenated alkanes) is 2. The lowest BCUT2D eigenvalue weighted by atomic mass is 9.65. The third-order valence-electron chi connectivity index (χ3n) is 5.69. The van der Waals surface area contributed by atoms with Crippen molar-refractivity contribution < 1.29 is 9.84 Å². The summed E-state index contributed by atoms with van der Waals surface area (Å²) in [4.78, 5) is 0. The molecule has 1 aromatic carbocycles. The quantitative estimate of drug-likeness (QED) is 0.567. The van der Waals surface area contributed by atoms with E-state index in [1.807, 2.05) is 6.07 Å². The third-order valence-corrected chi connectivity index (χ3v) is 5.69. The number of fused-ring (bicyclic) bond motifs is 3. The van der Waals surface area contributed by atoms with Gasteiger partial charge < -0.3 is 9.84 Å². The SMILES string of the molecule is C=C1CC[C@@H]2C(C1)c1c(O)cc(CCCCC)cc1OC2(C)C. The molecule has 1 unspecified atom stereocenters. The zero-order chi connectivity index (χ0) is 16.6. The molecule has 2 atom stereocenters. The molecule has 0 aromatic heterocycles. The molecular weight excluding hydrogens is 284 g/mol. The first-order valence-electron chi connectivity index (χ1n) is 9.14. The van der Waals surface area contributed by atoms with Crippen molar-refractivity contribution in [2.45, 2.75) is 77.2 Å². The highest BCUT2D eigenvalue weighted by Crippen LogP contribution is 2.55. The van der Waals surface area contributed by atoms with Crippen molar-refractivity contribution in [1.29, 1.82) is 0 Å². The van der Waals surface area contributed by atoms with Gasteiger partial charge in [-0.05, 0) is 63.6 Å². The van der Waals surface area contributed by atoms with E-state index >= 15 is 0 Å². The van der Waals surface area contributed by atoms with Gasteiger partial charge in [-0.25, -0.2) is 0 Å². The number of allylic oxidation sites excluding steroid dienone is 1. The van der Waals surface area contributed by atoms with Gasteiger partial charge in [0.15, 0.2) is 0 Å². The Kier molecular flexibility index (Phi) is 4.44. The van der Waals surface area contributed by atoms with Crippen LogP contribution in [0.1, 0.15) is 76.3 Å². The summed E-state index contributed by atoms with van der Waals surface area (Å²) >= 11 is 0. The van der Waals surface area contributed by atoms with Crippen LogP contribution in [0.3, 0.4) is 0 Å². The smallest absolute Gasteiger partial charge is 0.127 e. The van der Waals surface area contributed by atoms with Gasteiger partial charge in [0.25, 0.3) is 0 Å². The van der Waals surface area contributed by atoms with E-state index in [9.17, 15) is 5.11 Å². The van der Waals surface area contributed by atoms with E-state index in [-0.39, 0.29) is 5.60 Å². The summed E-state index contributed by atoms with van der Waals surface area (Å²) in [7, 11) is 0. The molecule has 1 aliphatic carbocycles. The van der Waals surface area contributed by atoms with E-state index in [1.54, 1.807) is 0 Å². The van der Waals surface area contributed by atoms with Crippen molar-refractivity contribution in [3.05, 3.63) is 35.4 Å². The summed E-state index contributed by atoms with van der Waals surface area (Å²) < 4.78 is 6.36. The molecule has 0 saturated heterocycles. The van der Waals surface area contributed by atoms with Crippen LogP contribution >= 0.6 is 0 Å². The molecule has 0 radical (unpaired) electrons. The lowest BCUT2D eigenvalue weighted by Crippen LogP contribution is -2.46. The second-order valence-corrected chi connectivity index (χ2v) is 7.90. The maximum atomic E-state index is 10.7. The van der Waals surface area contributed by atoms with Gasteiger partial charge >= 0.3 is 0 Å². The van der Waals surface area contributed by atoms with Crippen molar-refractivity contribution in [3.8, 4) is 11.5 Å². The first-order valence-corrected chi connectivity index (χ1v) is 9.14. The maximum absolute atomic E-state index is 10.7. The first kappa shape index (κ1) is 16.4. The van der Waals surface area contributed by atoms with Crippen LogP contribution in [0.4, 0.5) is 0 Å². The molecule has 1 N–H and O–H groups in total. The number of benzene rings is 1. The average molecular weight is 314 g/mol. The highest BCUT2D eigenvalue weighted by molar-refractivity contribution is 5.52. The molecule has 2 nitrogen and oxygen atoms in total. The number of phenolic OH excluding ortho intramolecular Hbond substituents is 1. The van der Waals surface area contributed by atoms with Crippen molar-refractivity contribution in [2.75, 3.05) is 0 Å². The second-order valence-electron chi connectivity index (χ2n) is 7.90. The molecular formula is C21H30O2. The van der Waals surface area contributed by atoms with Gasteiger partial charge in [-0.3, -0.25) is 0 Å². The molecule has 2 aliphatic rings. The Bertz CT molecular complexity index is 600. The predicted octanol–water partition coefficient (Wildman–Crippen LogP) is 5.74. The predicted molar refractivity (Wildman–Crippen MR) is 95.3 cm³/mol. The fourth-order valence-corrected chi connectivity index (χ4v) is 4.46. The lowest BCUT2D eigenvalue weighted by Gasteiger charge is -2.48. The number of phenols is 1. The molecule has 3 rings (SSSR count). The van der Waals surface area contributed by atoms with Gasteiger partial charge in [-0.1, -0.05) is 31.9 Å². The Hall–Kier alpha value is -1.44. The van der Waals surface area contributed by atoms with Gasteiger partial charge in [0.1, 0.15) is 17.1 Å². The number of hydrogen-bond acceptors (Lipinski definition) is 2. The van der Waals surface area contributed by atoms with E-state index in [0.29, 0.717) is 17.6 Å². The van der Waals surface area contributed by atoms with Crippen LogP contribution in [0.15, 0.2) is 24.3 Å². The number of aryl methyl sites for hydroxylation is 1. The maximum Gasteiger partial charge on any atom is 0.127 e. The van der Waals surface area contributed by atoms with Gasteiger partial charge in [0.05, 0.1) is 0 Å². The van der Waals surface area contributed by atoms with Crippen LogP contribution in [0.2, 0.25) is 0 Å². The van der Waals surface area contributed by atoms with Crippen LogP contribution in [0.25, 0.3) is 0 Å². The molecule has 23 heavy (non-hydrogen) atoms. The largest absolute Gasteiger partial charge is 0.508 e. The molecule has 2 heteroatoms. The Morgan fingerprint density at radius 3 is 2.83 bits per heavy atom. The molecule has 0 amide bonds. The van der Waals surface area contributed by atoms with Gasteiger partial charge in [-0.15, -0.1) is 0 Å². The van der Waals surface area contributed by atoms with Gasteiger partial charge in [0, 0.05) is 17.4 Å². The highest BCUT2D eigenvalue weighted by atomic mass is 16.5. The summed E-state index contributed by atoms with van der Waals surface area (Å²) in [5.41, 5.74) is 3.35. The molecule has 1 saturated carbocycles. The van der Waals surface area contributed by atoms with Gasteiger partial charge in [-0.2, -0.15) is 0 Å². The lowest BCUT2D eigenvalue weighted by molar-refractivity contribution is -0.000851. The molecule has 1 aliphatic heterocycles. The normalized spacial score (nSPS) is 25.4.